The molecule has 0 aliphatic rings. The van der Waals surface area contributed by atoms with Crippen molar-refractivity contribution in [1.82, 2.24) is 9.78 Å². The number of hydrogen-bond acceptors (Lipinski definition) is 3. The SMILES string of the molecule is Cc1cc(=O)c(/C=C/C(=O)O)nn1-c1c(F)cccc1F. The summed E-state index contributed by atoms with van der Waals surface area (Å²) in [5, 5.41) is 12.4. The molecule has 0 bridgehead atoms. The first-order chi connectivity index (χ1) is 9.90. The Morgan fingerprint density at radius 1 is 1.33 bits per heavy atom. The van der Waals surface area contributed by atoms with Crippen molar-refractivity contribution in [3.05, 3.63) is 63.6 Å². The van der Waals surface area contributed by atoms with E-state index >= 15 is 0 Å². The zero-order valence-electron chi connectivity index (χ0n) is 10.9. The molecule has 7 heteroatoms. The minimum absolute atomic E-state index is 0.219. The minimum Gasteiger partial charge on any atom is -0.478 e. The summed E-state index contributed by atoms with van der Waals surface area (Å²) in [7, 11) is 0. The fourth-order valence-corrected chi connectivity index (χ4v) is 1.74. The van der Waals surface area contributed by atoms with Crippen LogP contribution in [0.2, 0.25) is 0 Å². The molecular weight excluding hydrogens is 282 g/mol. The molecule has 0 aliphatic carbocycles. The van der Waals surface area contributed by atoms with Crippen molar-refractivity contribution < 1.29 is 18.7 Å². The van der Waals surface area contributed by atoms with Gasteiger partial charge in [-0.1, -0.05) is 6.07 Å². The number of hydrogen-bond donors (Lipinski definition) is 1. The third-order valence-electron chi connectivity index (χ3n) is 2.67. The number of para-hydroxylation sites is 1. The van der Waals surface area contributed by atoms with Gasteiger partial charge in [-0.25, -0.2) is 18.3 Å². The second-order valence-electron chi connectivity index (χ2n) is 4.19. The molecule has 0 atom stereocenters. The maximum atomic E-state index is 13.8. The Hall–Kier alpha value is -2.83. The molecule has 21 heavy (non-hydrogen) atoms. The van der Waals surface area contributed by atoms with E-state index in [1.54, 1.807) is 0 Å². The summed E-state index contributed by atoms with van der Waals surface area (Å²) in [6.07, 6.45) is 1.69. The normalized spacial score (nSPS) is 11.0. The van der Waals surface area contributed by atoms with Crippen LogP contribution >= 0.6 is 0 Å². The van der Waals surface area contributed by atoms with Crippen LogP contribution in [0, 0.1) is 18.6 Å². The first-order valence-electron chi connectivity index (χ1n) is 5.86. The van der Waals surface area contributed by atoms with Crippen LogP contribution in [0.4, 0.5) is 8.78 Å². The van der Waals surface area contributed by atoms with Crippen molar-refractivity contribution in [1.29, 1.82) is 0 Å². The topological polar surface area (TPSA) is 72.2 Å². The molecule has 0 aliphatic heterocycles. The van der Waals surface area contributed by atoms with E-state index in [0.717, 1.165) is 35.0 Å². The highest BCUT2D eigenvalue weighted by atomic mass is 19.1. The highest BCUT2D eigenvalue weighted by Gasteiger charge is 2.14. The van der Waals surface area contributed by atoms with E-state index in [1.807, 2.05) is 0 Å². The lowest BCUT2D eigenvalue weighted by Crippen LogP contribution is -2.18. The summed E-state index contributed by atoms with van der Waals surface area (Å²) in [4.78, 5) is 22.2. The lowest BCUT2D eigenvalue weighted by atomic mass is 10.2. The molecule has 108 valence electrons. The first kappa shape index (κ1) is 14.6. The van der Waals surface area contributed by atoms with Gasteiger partial charge in [0.05, 0.1) is 0 Å². The molecule has 2 aromatic rings. The number of carbonyl (C=O) groups is 1. The van der Waals surface area contributed by atoms with Gasteiger partial charge in [-0.05, 0) is 25.1 Å². The summed E-state index contributed by atoms with van der Waals surface area (Å²) in [6.45, 7) is 1.46. The van der Waals surface area contributed by atoms with Crippen molar-refractivity contribution in [3.63, 3.8) is 0 Å². The average Bonchev–Trinajstić information content (AvgIpc) is 2.39. The number of rotatable bonds is 3. The van der Waals surface area contributed by atoms with E-state index < -0.39 is 28.7 Å². The van der Waals surface area contributed by atoms with Crippen LogP contribution in [-0.4, -0.2) is 20.9 Å². The van der Waals surface area contributed by atoms with Gasteiger partial charge in [-0.2, -0.15) is 5.10 Å². The number of aromatic nitrogens is 2. The first-order valence-corrected chi connectivity index (χ1v) is 5.86. The predicted octanol–water partition coefficient (Wildman–Crippen LogP) is 1.92. The highest BCUT2D eigenvalue weighted by molar-refractivity contribution is 5.84. The molecule has 1 heterocycles. The van der Waals surface area contributed by atoms with Crippen molar-refractivity contribution in [2.45, 2.75) is 6.92 Å². The van der Waals surface area contributed by atoms with Crippen LogP contribution in [0.3, 0.4) is 0 Å². The molecule has 1 N–H and O–H groups in total. The van der Waals surface area contributed by atoms with Gasteiger partial charge in [-0.15, -0.1) is 0 Å². The van der Waals surface area contributed by atoms with E-state index in [0.29, 0.717) is 0 Å². The molecular formula is C14H10F2N2O3. The Kier molecular flexibility index (Phi) is 3.93. The van der Waals surface area contributed by atoms with Crippen LogP contribution in [0.5, 0.6) is 0 Å². The maximum absolute atomic E-state index is 13.8. The Labute approximate surface area is 117 Å². The smallest absolute Gasteiger partial charge is 0.328 e. The third kappa shape index (κ3) is 3.02. The second kappa shape index (κ2) is 5.66. The molecule has 0 unspecified atom stereocenters. The predicted molar refractivity (Wildman–Crippen MR) is 71.2 cm³/mol. The van der Waals surface area contributed by atoms with Crippen LogP contribution in [-0.2, 0) is 4.79 Å². The highest BCUT2D eigenvalue weighted by Crippen LogP contribution is 2.17. The van der Waals surface area contributed by atoms with Crippen molar-refractivity contribution in [2.75, 3.05) is 0 Å². The number of aliphatic carboxylic acids is 1. The largest absolute Gasteiger partial charge is 0.478 e. The summed E-state index contributed by atoms with van der Waals surface area (Å²) < 4.78 is 28.5. The molecule has 1 aromatic heterocycles. The molecule has 0 saturated heterocycles. The van der Waals surface area contributed by atoms with E-state index in [4.69, 9.17) is 5.11 Å². The average molecular weight is 292 g/mol. The molecule has 0 amide bonds. The van der Waals surface area contributed by atoms with E-state index in [-0.39, 0.29) is 11.4 Å². The lowest BCUT2D eigenvalue weighted by Gasteiger charge is -2.11. The number of benzene rings is 1. The van der Waals surface area contributed by atoms with Crippen molar-refractivity contribution in [3.8, 4) is 5.69 Å². The Morgan fingerprint density at radius 2 is 1.95 bits per heavy atom. The molecule has 5 nitrogen and oxygen atoms in total. The summed E-state index contributed by atoms with van der Waals surface area (Å²) in [5.41, 5.74) is -0.986. The molecule has 1 aromatic carbocycles. The van der Waals surface area contributed by atoms with Crippen LogP contribution < -0.4 is 5.43 Å². The van der Waals surface area contributed by atoms with Gasteiger partial charge in [0.2, 0.25) is 5.43 Å². The summed E-state index contributed by atoms with van der Waals surface area (Å²) in [5.74, 6) is -2.95. The Bertz CT molecular complexity index is 777. The molecule has 2 rings (SSSR count). The number of carboxylic acids is 1. The van der Waals surface area contributed by atoms with E-state index in [2.05, 4.69) is 5.10 Å². The van der Waals surface area contributed by atoms with Crippen LogP contribution in [0.15, 0.2) is 35.1 Å². The van der Waals surface area contributed by atoms with E-state index in [9.17, 15) is 18.4 Å². The standard InChI is InChI=1S/C14H10F2N2O3/c1-8-7-12(19)11(5-6-13(20)21)17-18(8)14-9(15)3-2-4-10(14)16/h2-7H,1H3,(H,20,21)/b6-5+. The Morgan fingerprint density at radius 3 is 2.52 bits per heavy atom. The third-order valence-corrected chi connectivity index (χ3v) is 2.67. The molecule has 0 saturated carbocycles. The van der Waals surface area contributed by atoms with Gasteiger partial charge >= 0.3 is 5.97 Å². The number of nitrogens with zero attached hydrogens (tertiary/aromatic N) is 2. The number of aryl methyl sites for hydroxylation is 1. The summed E-state index contributed by atoms with van der Waals surface area (Å²) >= 11 is 0. The van der Waals surface area contributed by atoms with Gasteiger partial charge in [0.15, 0.2) is 11.6 Å². The van der Waals surface area contributed by atoms with Gasteiger partial charge < -0.3 is 5.11 Å². The molecule has 0 spiro atoms. The Balaban J connectivity index is 2.67. The molecule has 0 fully saturated rings. The maximum Gasteiger partial charge on any atom is 0.328 e. The number of halogens is 2. The van der Waals surface area contributed by atoms with Gasteiger partial charge in [0, 0.05) is 17.8 Å². The number of carboxylic acid groups (broad SMARTS) is 1. The quantitative estimate of drug-likeness (QED) is 0.877. The zero-order valence-corrected chi connectivity index (χ0v) is 10.9. The monoisotopic (exact) mass is 292 g/mol. The lowest BCUT2D eigenvalue weighted by molar-refractivity contribution is -0.131. The van der Waals surface area contributed by atoms with Gasteiger partial charge in [-0.3, -0.25) is 4.79 Å². The fraction of sp³-hybridized carbons (Fsp3) is 0.0714. The van der Waals surface area contributed by atoms with Crippen LogP contribution in [0.25, 0.3) is 11.8 Å². The second-order valence-corrected chi connectivity index (χ2v) is 4.19. The zero-order chi connectivity index (χ0) is 15.6. The van der Waals surface area contributed by atoms with Crippen molar-refractivity contribution in [2.24, 2.45) is 0 Å². The van der Waals surface area contributed by atoms with Gasteiger partial charge in [0.1, 0.15) is 11.4 Å². The van der Waals surface area contributed by atoms with Crippen LogP contribution in [0.1, 0.15) is 11.4 Å². The fourth-order valence-electron chi connectivity index (χ4n) is 1.74. The summed E-state index contributed by atoms with van der Waals surface area (Å²) in [6, 6.07) is 4.45. The van der Waals surface area contributed by atoms with E-state index in [1.165, 1.54) is 13.0 Å². The van der Waals surface area contributed by atoms with Gasteiger partial charge in [0.25, 0.3) is 0 Å². The minimum atomic E-state index is -1.26. The molecule has 0 radical (unpaired) electrons. The van der Waals surface area contributed by atoms with Crippen molar-refractivity contribution >= 4 is 12.0 Å².